The highest BCUT2D eigenvalue weighted by molar-refractivity contribution is 5.95. The number of nitrogens with one attached hydrogen (secondary N) is 1. The van der Waals surface area contributed by atoms with Crippen LogP contribution in [0.25, 0.3) is 11.5 Å². The fourth-order valence-corrected chi connectivity index (χ4v) is 2.64. The lowest BCUT2D eigenvalue weighted by Crippen LogP contribution is -2.23. The highest BCUT2D eigenvalue weighted by Gasteiger charge is 2.17. The Labute approximate surface area is 156 Å². The molecule has 0 bridgehead atoms. The maximum Gasteiger partial charge on any atom is 0.251 e. The summed E-state index contributed by atoms with van der Waals surface area (Å²) in [6.07, 6.45) is 3.27. The Morgan fingerprint density at radius 1 is 1.07 bits per heavy atom. The van der Waals surface area contributed by atoms with Crippen LogP contribution in [-0.4, -0.2) is 32.2 Å². The number of pyridine rings is 1. The first-order chi connectivity index (χ1) is 13.2. The van der Waals surface area contributed by atoms with E-state index in [0.717, 1.165) is 5.56 Å². The second-order valence-electron chi connectivity index (χ2n) is 5.62. The van der Waals surface area contributed by atoms with Crippen molar-refractivity contribution < 1.29 is 23.4 Å². The SMILES string of the molecule is COc1cc(C(=O)NCc2ccnc(-c3ccco3)c2)cc(OC)c1OC. The molecule has 3 rings (SSSR count). The molecule has 7 nitrogen and oxygen atoms in total. The van der Waals surface area contributed by atoms with Crippen LogP contribution in [0.4, 0.5) is 0 Å². The zero-order valence-electron chi connectivity index (χ0n) is 15.3. The average molecular weight is 368 g/mol. The number of hydrogen-bond donors (Lipinski definition) is 1. The molecule has 1 amide bonds. The number of carbonyl (C=O) groups is 1. The molecule has 3 aromatic rings. The molecule has 0 saturated heterocycles. The average Bonchev–Trinajstić information content (AvgIpc) is 3.26. The molecule has 0 aliphatic carbocycles. The van der Waals surface area contributed by atoms with Crippen molar-refractivity contribution in [2.75, 3.05) is 21.3 Å². The predicted molar refractivity (Wildman–Crippen MR) is 99.2 cm³/mol. The number of methoxy groups -OCH3 is 3. The lowest BCUT2D eigenvalue weighted by Gasteiger charge is -2.14. The van der Waals surface area contributed by atoms with E-state index in [1.54, 1.807) is 30.7 Å². The van der Waals surface area contributed by atoms with Crippen molar-refractivity contribution in [2.45, 2.75) is 6.54 Å². The summed E-state index contributed by atoms with van der Waals surface area (Å²) in [5.41, 5.74) is 2.02. The summed E-state index contributed by atoms with van der Waals surface area (Å²) >= 11 is 0. The minimum Gasteiger partial charge on any atom is -0.493 e. The molecule has 1 aromatic carbocycles. The van der Waals surface area contributed by atoms with Crippen molar-refractivity contribution >= 4 is 5.91 Å². The Morgan fingerprint density at radius 2 is 1.81 bits per heavy atom. The summed E-state index contributed by atoms with van der Waals surface area (Å²) in [6, 6.07) is 10.6. The molecule has 0 radical (unpaired) electrons. The number of furan rings is 1. The highest BCUT2D eigenvalue weighted by Crippen LogP contribution is 2.38. The van der Waals surface area contributed by atoms with Crippen LogP contribution in [-0.2, 0) is 6.54 Å². The van der Waals surface area contributed by atoms with Crippen LogP contribution in [0.3, 0.4) is 0 Å². The zero-order chi connectivity index (χ0) is 19.2. The van der Waals surface area contributed by atoms with E-state index in [0.29, 0.717) is 40.8 Å². The van der Waals surface area contributed by atoms with Gasteiger partial charge >= 0.3 is 0 Å². The van der Waals surface area contributed by atoms with Gasteiger partial charge in [-0.15, -0.1) is 0 Å². The first-order valence-corrected chi connectivity index (χ1v) is 8.23. The first kappa shape index (κ1) is 18.3. The Hall–Kier alpha value is -3.48. The van der Waals surface area contributed by atoms with E-state index >= 15 is 0 Å². The highest BCUT2D eigenvalue weighted by atomic mass is 16.5. The molecule has 27 heavy (non-hydrogen) atoms. The van der Waals surface area contributed by atoms with E-state index in [1.165, 1.54) is 21.3 Å². The van der Waals surface area contributed by atoms with Gasteiger partial charge in [0.2, 0.25) is 5.75 Å². The van der Waals surface area contributed by atoms with Crippen LogP contribution in [0.2, 0.25) is 0 Å². The van der Waals surface area contributed by atoms with Gasteiger partial charge < -0.3 is 23.9 Å². The van der Waals surface area contributed by atoms with Crippen molar-refractivity contribution in [3.05, 3.63) is 60.0 Å². The number of carbonyl (C=O) groups excluding carboxylic acids is 1. The van der Waals surface area contributed by atoms with E-state index in [2.05, 4.69) is 10.3 Å². The van der Waals surface area contributed by atoms with E-state index in [1.807, 2.05) is 18.2 Å². The minimum absolute atomic E-state index is 0.259. The van der Waals surface area contributed by atoms with E-state index in [4.69, 9.17) is 18.6 Å². The standard InChI is InChI=1S/C20H20N2O5/c1-24-17-10-14(11-18(25-2)19(17)26-3)20(23)22-12-13-6-7-21-15(9-13)16-5-4-8-27-16/h4-11H,12H2,1-3H3,(H,22,23). The Bertz CT molecular complexity index is 897. The number of ether oxygens (including phenoxy) is 3. The molecule has 0 aliphatic rings. The molecule has 2 aromatic heterocycles. The van der Waals surface area contributed by atoms with E-state index in [-0.39, 0.29) is 5.91 Å². The van der Waals surface area contributed by atoms with Crippen LogP contribution >= 0.6 is 0 Å². The lowest BCUT2D eigenvalue weighted by atomic mass is 10.1. The van der Waals surface area contributed by atoms with Crippen molar-refractivity contribution in [3.8, 4) is 28.7 Å². The summed E-state index contributed by atoms with van der Waals surface area (Å²) in [5.74, 6) is 1.70. The quantitative estimate of drug-likeness (QED) is 0.689. The van der Waals surface area contributed by atoms with E-state index < -0.39 is 0 Å². The molecule has 2 heterocycles. The molecule has 0 spiro atoms. The van der Waals surface area contributed by atoms with Crippen molar-refractivity contribution in [1.29, 1.82) is 0 Å². The van der Waals surface area contributed by atoms with Crippen molar-refractivity contribution in [2.24, 2.45) is 0 Å². The van der Waals surface area contributed by atoms with Crippen LogP contribution in [0, 0.1) is 0 Å². The van der Waals surface area contributed by atoms with Crippen molar-refractivity contribution in [1.82, 2.24) is 10.3 Å². The third-order valence-electron chi connectivity index (χ3n) is 3.98. The zero-order valence-corrected chi connectivity index (χ0v) is 15.3. The number of rotatable bonds is 7. The number of hydrogen-bond acceptors (Lipinski definition) is 6. The normalized spacial score (nSPS) is 10.3. The fraction of sp³-hybridized carbons (Fsp3) is 0.200. The van der Waals surface area contributed by atoms with Gasteiger partial charge in [-0.1, -0.05) is 0 Å². The van der Waals surface area contributed by atoms with Gasteiger partial charge in [-0.25, -0.2) is 0 Å². The number of amides is 1. The van der Waals surface area contributed by atoms with Crippen LogP contribution in [0.5, 0.6) is 17.2 Å². The molecular weight excluding hydrogens is 348 g/mol. The molecule has 140 valence electrons. The molecule has 7 heteroatoms. The van der Waals surface area contributed by atoms with Gasteiger partial charge in [0.1, 0.15) is 5.69 Å². The van der Waals surface area contributed by atoms with Gasteiger partial charge in [0, 0.05) is 18.3 Å². The third kappa shape index (κ3) is 4.03. The molecular formula is C20H20N2O5. The van der Waals surface area contributed by atoms with Gasteiger partial charge in [-0.3, -0.25) is 9.78 Å². The number of benzene rings is 1. The molecule has 0 saturated carbocycles. The van der Waals surface area contributed by atoms with Crippen LogP contribution in [0.15, 0.2) is 53.3 Å². The maximum absolute atomic E-state index is 12.6. The molecule has 0 atom stereocenters. The summed E-state index contributed by atoms with van der Waals surface area (Å²) < 4.78 is 21.2. The van der Waals surface area contributed by atoms with E-state index in [9.17, 15) is 4.79 Å². The largest absolute Gasteiger partial charge is 0.493 e. The Balaban J connectivity index is 1.76. The predicted octanol–water partition coefficient (Wildman–Crippen LogP) is 3.30. The second-order valence-corrected chi connectivity index (χ2v) is 5.62. The van der Waals surface area contributed by atoms with Crippen molar-refractivity contribution in [3.63, 3.8) is 0 Å². The summed E-state index contributed by atoms with van der Waals surface area (Å²) in [5, 5.41) is 2.88. The molecule has 0 fully saturated rings. The van der Waals surface area contributed by atoms with Gasteiger partial charge in [0.25, 0.3) is 5.91 Å². The molecule has 0 unspecified atom stereocenters. The maximum atomic E-state index is 12.6. The van der Waals surface area contributed by atoms with Gasteiger partial charge in [-0.05, 0) is 42.0 Å². The van der Waals surface area contributed by atoms with Gasteiger partial charge in [-0.2, -0.15) is 0 Å². The molecule has 1 N–H and O–H groups in total. The van der Waals surface area contributed by atoms with Gasteiger partial charge in [0.15, 0.2) is 17.3 Å². The topological polar surface area (TPSA) is 82.8 Å². The number of aromatic nitrogens is 1. The van der Waals surface area contributed by atoms with Gasteiger partial charge in [0.05, 0.1) is 27.6 Å². The second kappa shape index (κ2) is 8.27. The summed E-state index contributed by atoms with van der Waals surface area (Å²) in [7, 11) is 4.53. The smallest absolute Gasteiger partial charge is 0.251 e. The summed E-state index contributed by atoms with van der Waals surface area (Å²) in [6.45, 7) is 0.339. The Morgan fingerprint density at radius 3 is 2.41 bits per heavy atom. The number of nitrogens with zero attached hydrogens (tertiary/aromatic N) is 1. The fourth-order valence-electron chi connectivity index (χ4n) is 2.64. The third-order valence-corrected chi connectivity index (χ3v) is 3.98. The van der Waals surface area contributed by atoms with Crippen LogP contribution in [0.1, 0.15) is 15.9 Å². The molecule has 0 aliphatic heterocycles. The monoisotopic (exact) mass is 368 g/mol. The summed E-state index contributed by atoms with van der Waals surface area (Å²) in [4.78, 5) is 16.8. The first-order valence-electron chi connectivity index (χ1n) is 8.23. The minimum atomic E-state index is -0.259. The lowest BCUT2D eigenvalue weighted by molar-refractivity contribution is 0.0950. The Kier molecular flexibility index (Phi) is 5.61. The van der Waals surface area contributed by atoms with Crippen LogP contribution < -0.4 is 19.5 Å².